The van der Waals surface area contributed by atoms with Gasteiger partial charge in [-0.15, -0.1) is 0 Å². The molecule has 3 rings (SSSR count). The second-order valence-corrected chi connectivity index (χ2v) is 7.03. The van der Waals surface area contributed by atoms with E-state index in [1.165, 1.54) is 12.1 Å². The molecule has 0 radical (unpaired) electrons. The van der Waals surface area contributed by atoms with E-state index in [0.29, 0.717) is 26.3 Å². The van der Waals surface area contributed by atoms with Gasteiger partial charge in [-0.1, -0.05) is 24.3 Å². The normalized spacial score (nSPS) is 16.5. The van der Waals surface area contributed by atoms with Gasteiger partial charge in [0.05, 0.1) is 7.11 Å². The Morgan fingerprint density at radius 3 is 2.36 bits per heavy atom. The number of halogens is 1. The zero-order valence-electron chi connectivity index (χ0n) is 16.5. The molecule has 5 nitrogen and oxygen atoms in total. The number of benzene rings is 2. The van der Waals surface area contributed by atoms with E-state index in [4.69, 9.17) is 9.47 Å². The number of rotatable bonds is 6. The largest absolute Gasteiger partial charge is 0.497 e. The summed E-state index contributed by atoms with van der Waals surface area (Å²) < 4.78 is 24.1. The molecule has 1 fully saturated rings. The van der Waals surface area contributed by atoms with E-state index < -0.39 is 0 Å². The van der Waals surface area contributed by atoms with Gasteiger partial charge < -0.3 is 20.1 Å². The highest BCUT2D eigenvalue weighted by Crippen LogP contribution is 2.34. The number of hydrogen-bond donors (Lipinski definition) is 2. The van der Waals surface area contributed by atoms with Crippen LogP contribution in [0.5, 0.6) is 5.75 Å². The van der Waals surface area contributed by atoms with E-state index in [9.17, 15) is 4.39 Å². The molecule has 0 aliphatic carbocycles. The highest BCUT2D eigenvalue weighted by molar-refractivity contribution is 5.79. The molecule has 2 aromatic carbocycles. The van der Waals surface area contributed by atoms with Gasteiger partial charge in [0, 0.05) is 38.8 Å². The maximum atomic E-state index is 13.4. The molecule has 0 spiro atoms. The molecule has 0 atom stereocenters. The minimum atomic E-state index is -0.212. The Labute approximate surface area is 166 Å². The van der Waals surface area contributed by atoms with Gasteiger partial charge in [-0.3, -0.25) is 4.99 Å². The third kappa shape index (κ3) is 5.01. The fourth-order valence-corrected chi connectivity index (χ4v) is 3.54. The van der Waals surface area contributed by atoms with Crippen LogP contribution in [0.2, 0.25) is 0 Å². The van der Waals surface area contributed by atoms with E-state index in [0.717, 1.165) is 35.7 Å². The van der Waals surface area contributed by atoms with Crippen molar-refractivity contribution >= 4 is 5.96 Å². The second-order valence-electron chi connectivity index (χ2n) is 7.03. The third-order valence-electron chi connectivity index (χ3n) is 5.34. The summed E-state index contributed by atoms with van der Waals surface area (Å²) in [5, 5.41) is 6.80. The molecule has 1 aliphatic heterocycles. The van der Waals surface area contributed by atoms with E-state index in [-0.39, 0.29) is 11.2 Å². The van der Waals surface area contributed by atoms with Crippen molar-refractivity contribution in [2.45, 2.75) is 24.8 Å². The van der Waals surface area contributed by atoms with Crippen LogP contribution in [0, 0.1) is 5.82 Å². The highest BCUT2D eigenvalue weighted by Gasteiger charge is 2.34. The van der Waals surface area contributed by atoms with Crippen LogP contribution in [0.1, 0.15) is 24.0 Å². The molecule has 150 valence electrons. The third-order valence-corrected chi connectivity index (χ3v) is 5.34. The van der Waals surface area contributed by atoms with Crippen LogP contribution in [-0.4, -0.2) is 39.9 Å². The molecule has 0 unspecified atom stereocenters. The topological polar surface area (TPSA) is 54.9 Å². The van der Waals surface area contributed by atoms with E-state index in [1.807, 2.05) is 36.4 Å². The molecule has 1 heterocycles. The van der Waals surface area contributed by atoms with Gasteiger partial charge in [-0.05, 0) is 48.2 Å². The van der Waals surface area contributed by atoms with Crippen LogP contribution < -0.4 is 15.4 Å². The molecular weight excluding hydrogens is 357 g/mol. The van der Waals surface area contributed by atoms with Gasteiger partial charge in [0.2, 0.25) is 0 Å². The summed E-state index contributed by atoms with van der Waals surface area (Å²) in [7, 11) is 3.42. The number of ether oxygens (including phenoxy) is 2. The van der Waals surface area contributed by atoms with Crippen molar-refractivity contribution in [3.63, 3.8) is 0 Å². The summed E-state index contributed by atoms with van der Waals surface area (Å²) in [5.74, 6) is 1.37. The number of hydrogen-bond acceptors (Lipinski definition) is 3. The molecule has 0 saturated carbocycles. The Bertz CT molecular complexity index is 769. The number of nitrogens with zero attached hydrogens (tertiary/aromatic N) is 1. The molecule has 6 heteroatoms. The van der Waals surface area contributed by atoms with Crippen molar-refractivity contribution in [1.82, 2.24) is 10.6 Å². The zero-order valence-corrected chi connectivity index (χ0v) is 16.5. The SMILES string of the molecule is CN=C(NCc1ccc(OC)cc1)NCC1(c2ccc(F)cc2)CCOCC1. The summed E-state index contributed by atoms with van der Waals surface area (Å²) in [4.78, 5) is 4.34. The maximum Gasteiger partial charge on any atom is 0.191 e. The quantitative estimate of drug-likeness (QED) is 0.592. The summed E-state index contributed by atoms with van der Waals surface area (Å²) in [6.45, 7) is 2.79. The molecule has 2 aromatic rings. The molecular formula is C22H28FN3O2. The summed E-state index contributed by atoms with van der Waals surface area (Å²) in [5.41, 5.74) is 2.18. The van der Waals surface area contributed by atoms with Crippen LogP contribution in [0.15, 0.2) is 53.5 Å². The van der Waals surface area contributed by atoms with Crippen LogP contribution in [0.25, 0.3) is 0 Å². The number of guanidine groups is 1. The van der Waals surface area contributed by atoms with Crippen molar-refractivity contribution in [3.05, 3.63) is 65.5 Å². The van der Waals surface area contributed by atoms with Gasteiger partial charge in [-0.25, -0.2) is 4.39 Å². The van der Waals surface area contributed by atoms with Crippen LogP contribution in [0.3, 0.4) is 0 Å². The fourth-order valence-electron chi connectivity index (χ4n) is 3.54. The van der Waals surface area contributed by atoms with Gasteiger partial charge in [-0.2, -0.15) is 0 Å². The Morgan fingerprint density at radius 2 is 1.75 bits per heavy atom. The predicted octanol–water partition coefficient (Wildman–Crippen LogP) is 3.25. The molecule has 28 heavy (non-hydrogen) atoms. The Kier molecular flexibility index (Phi) is 6.87. The monoisotopic (exact) mass is 385 g/mol. The Morgan fingerprint density at radius 1 is 1.07 bits per heavy atom. The van der Waals surface area contributed by atoms with Crippen molar-refractivity contribution < 1.29 is 13.9 Å². The second kappa shape index (κ2) is 9.55. The van der Waals surface area contributed by atoms with Crippen molar-refractivity contribution in [2.75, 3.05) is 33.9 Å². The van der Waals surface area contributed by atoms with Crippen LogP contribution in [0.4, 0.5) is 4.39 Å². The maximum absolute atomic E-state index is 13.4. The summed E-state index contributed by atoms with van der Waals surface area (Å²) in [6.07, 6.45) is 1.78. The van der Waals surface area contributed by atoms with Gasteiger partial charge in [0.25, 0.3) is 0 Å². The standard InChI is InChI=1S/C22H28FN3O2/c1-24-21(25-15-17-3-9-20(27-2)10-4-17)26-16-22(11-13-28-14-12-22)18-5-7-19(23)8-6-18/h3-10H,11-16H2,1-2H3,(H2,24,25,26). The fraction of sp³-hybridized carbons (Fsp3) is 0.409. The van der Waals surface area contributed by atoms with Gasteiger partial charge in [0.15, 0.2) is 5.96 Å². The lowest BCUT2D eigenvalue weighted by Crippen LogP contribution is -2.47. The lowest BCUT2D eigenvalue weighted by atomic mass is 9.74. The number of methoxy groups -OCH3 is 1. The number of nitrogens with one attached hydrogen (secondary N) is 2. The van der Waals surface area contributed by atoms with Crippen molar-refractivity contribution in [2.24, 2.45) is 4.99 Å². The van der Waals surface area contributed by atoms with Gasteiger partial charge in [0.1, 0.15) is 11.6 Å². The number of aliphatic imine (C=N–C) groups is 1. The molecule has 1 aliphatic rings. The average molecular weight is 385 g/mol. The molecule has 1 saturated heterocycles. The molecule has 2 N–H and O–H groups in total. The first-order chi connectivity index (χ1) is 13.6. The average Bonchev–Trinajstić information content (AvgIpc) is 2.75. The molecule has 0 bridgehead atoms. The Balaban J connectivity index is 1.63. The van der Waals surface area contributed by atoms with Crippen LogP contribution >= 0.6 is 0 Å². The minimum absolute atomic E-state index is 0.0936. The van der Waals surface area contributed by atoms with Gasteiger partial charge >= 0.3 is 0 Å². The predicted molar refractivity (Wildman–Crippen MR) is 109 cm³/mol. The first kappa shape index (κ1) is 20.1. The summed E-state index contributed by atoms with van der Waals surface area (Å²) >= 11 is 0. The Hall–Kier alpha value is -2.60. The van der Waals surface area contributed by atoms with Crippen molar-refractivity contribution in [3.8, 4) is 5.75 Å². The molecule has 0 amide bonds. The first-order valence-corrected chi connectivity index (χ1v) is 9.56. The highest BCUT2D eigenvalue weighted by atomic mass is 19.1. The van der Waals surface area contributed by atoms with E-state index >= 15 is 0 Å². The van der Waals surface area contributed by atoms with E-state index in [1.54, 1.807) is 14.2 Å². The molecule has 0 aromatic heterocycles. The smallest absolute Gasteiger partial charge is 0.191 e. The van der Waals surface area contributed by atoms with Crippen molar-refractivity contribution in [1.29, 1.82) is 0 Å². The van der Waals surface area contributed by atoms with Crippen LogP contribution in [-0.2, 0) is 16.7 Å². The van der Waals surface area contributed by atoms with E-state index in [2.05, 4.69) is 15.6 Å². The lowest BCUT2D eigenvalue weighted by Gasteiger charge is -2.38. The lowest BCUT2D eigenvalue weighted by molar-refractivity contribution is 0.0513. The summed E-state index contributed by atoms with van der Waals surface area (Å²) in [6, 6.07) is 14.8. The zero-order chi connectivity index (χ0) is 19.8. The first-order valence-electron chi connectivity index (χ1n) is 9.56. The minimum Gasteiger partial charge on any atom is -0.497 e.